The summed E-state index contributed by atoms with van der Waals surface area (Å²) in [7, 11) is 0. The highest BCUT2D eigenvalue weighted by molar-refractivity contribution is 5.76. The number of carboxylic acids is 1. The van der Waals surface area contributed by atoms with Crippen LogP contribution in [0.3, 0.4) is 0 Å². The van der Waals surface area contributed by atoms with E-state index < -0.39 is 12.0 Å². The Morgan fingerprint density at radius 1 is 1.30 bits per heavy atom. The third-order valence-corrected chi connectivity index (χ3v) is 4.06. The highest BCUT2D eigenvalue weighted by Gasteiger charge is 2.25. The van der Waals surface area contributed by atoms with Crippen molar-refractivity contribution in [2.75, 3.05) is 0 Å². The minimum absolute atomic E-state index is 0.210. The molecule has 0 amide bonds. The molecule has 1 saturated carbocycles. The van der Waals surface area contributed by atoms with Crippen molar-refractivity contribution in [3.8, 4) is 0 Å². The molecule has 20 heavy (non-hydrogen) atoms. The van der Waals surface area contributed by atoms with Gasteiger partial charge in [0.15, 0.2) is 0 Å². The highest BCUT2D eigenvalue weighted by Crippen LogP contribution is 2.24. The molecule has 1 fully saturated rings. The molecule has 110 valence electrons. The van der Waals surface area contributed by atoms with Crippen LogP contribution in [0.2, 0.25) is 0 Å². The number of benzene rings is 1. The van der Waals surface area contributed by atoms with Gasteiger partial charge in [-0.1, -0.05) is 31.7 Å². The van der Waals surface area contributed by atoms with Crippen LogP contribution >= 0.6 is 0 Å². The third kappa shape index (κ3) is 3.79. The van der Waals surface area contributed by atoms with Crippen molar-refractivity contribution in [2.45, 2.75) is 57.5 Å². The van der Waals surface area contributed by atoms with Crippen LogP contribution in [0.15, 0.2) is 18.2 Å². The van der Waals surface area contributed by atoms with Gasteiger partial charge in [0.25, 0.3) is 0 Å². The number of halogens is 1. The van der Waals surface area contributed by atoms with Crippen molar-refractivity contribution in [1.82, 2.24) is 5.32 Å². The monoisotopic (exact) mass is 279 g/mol. The van der Waals surface area contributed by atoms with Gasteiger partial charge in [-0.2, -0.15) is 0 Å². The van der Waals surface area contributed by atoms with Gasteiger partial charge in [0, 0.05) is 6.04 Å². The molecular weight excluding hydrogens is 257 g/mol. The number of nitrogens with one attached hydrogen (secondary N) is 1. The maximum Gasteiger partial charge on any atom is 0.325 e. The van der Waals surface area contributed by atoms with Crippen LogP contribution in [0.5, 0.6) is 0 Å². The summed E-state index contributed by atoms with van der Waals surface area (Å²) in [5.41, 5.74) is 1.33. The Morgan fingerprint density at radius 2 is 1.95 bits per heavy atom. The van der Waals surface area contributed by atoms with Gasteiger partial charge >= 0.3 is 5.97 Å². The first-order valence-electron chi connectivity index (χ1n) is 7.33. The lowest BCUT2D eigenvalue weighted by Gasteiger charge is -2.23. The lowest BCUT2D eigenvalue weighted by molar-refractivity contribution is -0.140. The van der Waals surface area contributed by atoms with Crippen LogP contribution in [0.4, 0.5) is 4.39 Å². The highest BCUT2D eigenvalue weighted by atomic mass is 19.1. The maximum atomic E-state index is 13.4. The van der Waals surface area contributed by atoms with E-state index in [1.165, 1.54) is 25.0 Å². The molecule has 0 saturated heterocycles. The van der Waals surface area contributed by atoms with E-state index in [4.69, 9.17) is 0 Å². The fourth-order valence-electron chi connectivity index (χ4n) is 2.90. The van der Waals surface area contributed by atoms with Gasteiger partial charge in [0.2, 0.25) is 0 Å². The standard InChI is InChI=1S/C16H22FNO2/c1-11-8-9-12(17)10-14(11)15(16(19)20)18-13-6-4-2-3-5-7-13/h8-10,13,15,18H,2-7H2,1H3,(H,19,20). The average Bonchev–Trinajstić information content (AvgIpc) is 2.67. The SMILES string of the molecule is Cc1ccc(F)cc1C(NC1CCCCCC1)C(=O)O. The second-order valence-electron chi connectivity index (χ2n) is 5.63. The molecule has 0 heterocycles. The summed E-state index contributed by atoms with van der Waals surface area (Å²) in [5, 5.41) is 12.7. The fraction of sp³-hybridized carbons (Fsp3) is 0.562. The Kier molecular flexibility index (Phi) is 5.12. The van der Waals surface area contributed by atoms with E-state index in [2.05, 4.69) is 5.32 Å². The van der Waals surface area contributed by atoms with Gasteiger partial charge < -0.3 is 5.11 Å². The fourth-order valence-corrected chi connectivity index (χ4v) is 2.90. The van der Waals surface area contributed by atoms with E-state index in [-0.39, 0.29) is 11.9 Å². The van der Waals surface area contributed by atoms with Gasteiger partial charge in [0.1, 0.15) is 11.9 Å². The van der Waals surface area contributed by atoms with E-state index in [0.29, 0.717) is 5.56 Å². The molecule has 1 aromatic rings. The number of aryl methyl sites for hydroxylation is 1. The van der Waals surface area contributed by atoms with Crippen molar-refractivity contribution in [1.29, 1.82) is 0 Å². The number of aliphatic carboxylic acids is 1. The maximum absolute atomic E-state index is 13.4. The van der Waals surface area contributed by atoms with Crippen molar-refractivity contribution in [3.63, 3.8) is 0 Å². The third-order valence-electron chi connectivity index (χ3n) is 4.06. The largest absolute Gasteiger partial charge is 0.480 e. The Balaban J connectivity index is 2.17. The summed E-state index contributed by atoms with van der Waals surface area (Å²) in [5.74, 6) is -1.33. The summed E-state index contributed by atoms with van der Waals surface area (Å²) >= 11 is 0. The number of rotatable bonds is 4. The zero-order valence-corrected chi connectivity index (χ0v) is 11.9. The van der Waals surface area contributed by atoms with Gasteiger partial charge in [-0.15, -0.1) is 0 Å². The topological polar surface area (TPSA) is 49.3 Å². The van der Waals surface area contributed by atoms with Crippen molar-refractivity contribution >= 4 is 5.97 Å². The van der Waals surface area contributed by atoms with E-state index in [0.717, 1.165) is 31.2 Å². The second kappa shape index (κ2) is 6.84. The van der Waals surface area contributed by atoms with Crippen LogP contribution < -0.4 is 5.32 Å². The Bertz CT molecular complexity index is 468. The quantitative estimate of drug-likeness (QED) is 0.828. The van der Waals surface area contributed by atoms with Gasteiger partial charge in [0.05, 0.1) is 0 Å². The minimum atomic E-state index is -0.942. The molecule has 0 aliphatic heterocycles. The molecule has 1 aliphatic rings. The number of carboxylic acid groups (broad SMARTS) is 1. The molecule has 2 rings (SSSR count). The number of hydrogen-bond donors (Lipinski definition) is 2. The average molecular weight is 279 g/mol. The Hall–Kier alpha value is -1.42. The molecule has 0 radical (unpaired) electrons. The van der Waals surface area contributed by atoms with Crippen LogP contribution in [0.1, 0.15) is 55.7 Å². The molecule has 1 atom stereocenters. The molecule has 3 nitrogen and oxygen atoms in total. The molecule has 1 aliphatic carbocycles. The zero-order chi connectivity index (χ0) is 14.5. The molecule has 1 aromatic carbocycles. The molecule has 4 heteroatoms. The molecular formula is C16H22FNO2. The first-order valence-corrected chi connectivity index (χ1v) is 7.33. The molecule has 1 unspecified atom stereocenters. The molecule has 0 spiro atoms. The summed E-state index contributed by atoms with van der Waals surface area (Å²) in [6.07, 6.45) is 6.69. The minimum Gasteiger partial charge on any atom is -0.480 e. The zero-order valence-electron chi connectivity index (χ0n) is 11.9. The van der Waals surface area contributed by atoms with E-state index in [1.807, 2.05) is 6.92 Å². The summed E-state index contributed by atoms with van der Waals surface area (Å²) < 4.78 is 13.4. The van der Waals surface area contributed by atoms with Gasteiger partial charge in [-0.3, -0.25) is 10.1 Å². The number of carbonyl (C=O) groups is 1. The second-order valence-corrected chi connectivity index (χ2v) is 5.63. The van der Waals surface area contributed by atoms with Crippen LogP contribution in [-0.4, -0.2) is 17.1 Å². The molecule has 0 bridgehead atoms. The van der Waals surface area contributed by atoms with Crippen molar-refractivity contribution in [2.24, 2.45) is 0 Å². The van der Waals surface area contributed by atoms with E-state index in [1.54, 1.807) is 6.07 Å². The number of hydrogen-bond acceptors (Lipinski definition) is 2. The normalized spacial score (nSPS) is 18.5. The van der Waals surface area contributed by atoms with Gasteiger partial charge in [-0.05, 0) is 43.0 Å². The smallest absolute Gasteiger partial charge is 0.325 e. The molecule has 0 aromatic heterocycles. The summed E-state index contributed by atoms with van der Waals surface area (Å²) in [6, 6.07) is 3.71. The first kappa shape index (κ1) is 15.0. The molecule has 2 N–H and O–H groups in total. The first-order chi connectivity index (χ1) is 9.58. The van der Waals surface area contributed by atoms with Crippen molar-refractivity contribution < 1.29 is 14.3 Å². The summed E-state index contributed by atoms with van der Waals surface area (Å²) in [4.78, 5) is 11.5. The predicted molar refractivity (Wildman–Crippen MR) is 76.1 cm³/mol. The van der Waals surface area contributed by atoms with Crippen LogP contribution in [0, 0.1) is 12.7 Å². The van der Waals surface area contributed by atoms with E-state index in [9.17, 15) is 14.3 Å². The van der Waals surface area contributed by atoms with Crippen LogP contribution in [0.25, 0.3) is 0 Å². The van der Waals surface area contributed by atoms with Crippen LogP contribution in [-0.2, 0) is 4.79 Å². The van der Waals surface area contributed by atoms with Gasteiger partial charge in [-0.25, -0.2) is 4.39 Å². The predicted octanol–water partition coefficient (Wildman–Crippen LogP) is 3.57. The Labute approximate surface area is 119 Å². The van der Waals surface area contributed by atoms with E-state index >= 15 is 0 Å². The lowest BCUT2D eigenvalue weighted by atomic mass is 9.99. The summed E-state index contributed by atoms with van der Waals surface area (Å²) in [6.45, 7) is 1.82. The van der Waals surface area contributed by atoms with Crippen molar-refractivity contribution in [3.05, 3.63) is 35.1 Å². The Morgan fingerprint density at radius 3 is 2.55 bits per heavy atom. The lowest BCUT2D eigenvalue weighted by Crippen LogP contribution is -2.37.